The highest BCUT2D eigenvalue weighted by atomic mass is 80.0. The van der Waals surface area contributed by atoms with Gasteiger partial charge in [0.25, 0.3) is 0 Å². The quantitative estimate of drug-likeness (QED) is 0.0803. The molecule has 0 amide bonds. The summed E-state index contributed by atoms with van der Waals surface area (Å²) >= 11 is 35.8. The molecule has 0 N–H and O–H groups in total. The van der Waals surface area contributed by atoms with Crippen LogP contribution in [0.5, 0.6) is 0 Å². The van der Waals surface area contributed by atoms with Gasteiger partial charge in [0.05, 0.1) is 0 Å². The van der Waals surface area contributed by atoms with E-state index in [0.29, 0.717) is 0 Å². The van der Waals surface area contributed by atoms with Gasteiger partial charge in [-0.2, -0.15) is 0 Å². The van der Waals surface area contributed by atoms with E-state index < -0.39 is 111 Å². The fourth-order valence-corrected chi connectivity index (χ4v) is 4.12. The fraction of sp³-hybridized carbons (Fsp3) is 0.724. The van der Waals surface area contributed by atoms with Gasteiger partial charge in [0.2, 0.25) is 31.0 Å². The lowest BCUT2D eigenvalue weighted by Crippen LogP contribution is -2.51. The number of hydrogen-bond acceptors (Lipinski definition) is 16. The second-order valence-corrected chi connectivity index (χ2v) is 40.4. The Morgan fingerprint density at radius 2 is 0.439 bits per heavy atom. The van der Waals surface area contributed by atoms with Crippen LogP contribution in [0.1, 0.15) is 55.4 Å². The van der Waals surface area contributed by atoms with Gasteiger partial charge in [-0.15, -0.1) is 0 Å². The van der Waals surface area contributed by atoms with Gasteiger partial charge in [-0.3, -0.25) is 0 Å². The van der Waals surface area contributed by atoms with Gasteiger partial charge in [0.1, 0.15) is 31.8 Å². The summed E-state index contributed by atoms with van der Waals surface area (Å²) in [7, 11) is 0. The Morgan fingerprint density at radius 3 is 0.561 bits per heavy atom. The lowest BCUT2D eigenvalue weighted by atomic mass is 9.91. The van der Waals surface area contributed by atoms with E-state index in [-0.39, 0.29) is 0 Å². The zero-order valence-corrected chi connectivity index (χ0v) is 49.4. The lowest BCUT2D eigenvalue weighted by Gasteiger charge is -2.36. The van der Waals surface area contributed by atoms with Gasteiger partial charge in [-0.05, 0) is 247 Å². The number of hydrogen-bond donors (Lipinski definition) is 0. The van der Waals surface area contributed by atoms with Crippen LogP contribution in [0.4, 0.5) is 0 Å². The molecule has 28 heteroatoms. The summed E-state index contributed by atoms with van der Waals surface area (Å²) in [6, 6.07) is 0. The molecule has 0 atom stereocenters. The van der Waals surface area contributed by atoms with E-state index in [1.54, 1.807) is 0 Å². The third kappa shape index (κ3) is 20.3. The molecule has 0 aliphatic heterocycles. The van der Waals surface area contributed by atoms with Crippen molar-refractivity contribution >= 4 is 239 Å². The molecule has 0 radical (unpaired) electrons. The third-order valence-corrected chi connectivity index (χ3v) is 10.2. The van der Waals surface area contributed by atoms with Crippen molar-refractivity contribution < 1.29 is 76.3 Å². The molecule has 0 spiro atoms. The van der Waals surface area contributed by atoms with Gasteiger partial charge in [-0.1, -0.05) is 0 Å². The number of ether oxygens (including phenoxy) is 8. The van der Waals surface area contributed by atoms with E-state index >= 15 is 0 Å². The molecule has 328 valence electrons. The third-order valence-electron chi connectivity index (χ3n) is 6.32. The first-order valence-electron chi connectivity index (χ1n) is 14.9. The average molecular weight is 1600 g/mol. The first-order valence-corrected chi connectivity index (χ1v) is 24.4. The highest BCUT2D eigenvalue weighted by Crippen LogP contribution is 2.39. The molecule has 0 aromatic carbocycles. The summed E-state index contributed by atoms with van der Waals surface area (Å²) in [4.78, 5) is 104. The van der Waals surface area contributed by atoms with E-state index in [1.807, 2.05) is 0 Å². The topological polar surface area (TPSA) is 210 Å². The van der Waals surface area contributed by atoms with Gasteiger partial charge in [-0.25, -0.2) is 38.4 Å². The standard InChI is InChI=1S/C29H32Br12O16/c1-21(2,54-17(46)26(30,31)32)13(42)50-9-25(10-51-14(43)22(3,4)55-18(47)27(33,34)35,11-52-15(44)23(5,6)56-19(48)28(36,37)38)12-53-16(45)24(7,8)57-20(49)29(39,40)41/h9-12H2,1-8H3. The molecule has 0 heterocycles. The maximum Gasteiger partial charge on any atom is 0.350 e. The monoisotopic (exact) mass is 1580 g/mol. The Hall–Kier alpha value is 1.52. The number of halogens is 12. The van der Waals surface area contributed by atoms with E-state index in [0.717, 1.165) is 0 Å². The summed E-state index contributed by atoms with van der Waals surface area (Å²) in [5.41, 5.74) is -10.0. The molecule has 0 aliphatic carbocycles. The zero-order valence-electron chi connectivity index (χ0n) is 30.4. The maximum atomic E-state index is 13.4. The number of alkyl halides is 12. The molecule has 0 saturated heterocycles. The first-order chi connectivity index (χ1) is 25.0. The van der Waals surface area contributed by atoms with Crippen molar-refractivity contribution in [1.82, 2.24) is 0 Å². The minimum Gasteiger partial charge on any atom is -0.462 e. The van der Waals surface area contributed by atoms with Crippen molar-refractivity contribution in [1.29, 1.82) is 0 Å². The van der Waals surface area contributed by atoms with Crippen LogP contribution < -0.4 is 0 Å². The molecular formula is C29H32Br12O16. The molecule has 0 fully saturated rings. The van der Waals surface area contributed by atoms with Crippen molar-refractivity contribution in [2.24, 2.45) is 5.41 Å². The fourth-order valence-electron chi connectivity index (χ4n) is 3.14. The molecule has 0 aromatic rings. The molecule has 0 unspecified atom stereocenters. The van der Waals surface area contributed by atoms with Crippen LogP contribution >= 0.6 is 191 Å². The first kappa shape index (κ1) is 58.5. The van der Waals surface area contributed by atoms with Gasteiger partial charge in [0.15, 0.2) is 0 Å². The van der Waals surface area contributed by atoms with Crippen molar-refractivity contribution in [3.8, 4) is 0 Å². The molecule has 0 saturated carbocycles. The number of carbonyl (C=O) groups is 8. The van der Waals surface area contributed by atoms with E-state index in [1.165, 1.54) is 55.4 Å². The molecule has 0 bridgehead atoms. The molecule has 16 nitrogen and oxygen atoms in total. The normalized spacial score (nSPS) is 13.4. The number of rotatable bonds is 16. The SMILES string of the molecule is CC(C)(OC(=O)C(Br)(Br)Br)C(=O)OCC(COC(=O)C(C)(C)OC(=O)C(Br)(Br)Br)(COC(=O)C(C)(C)OC(=O)C(Br)(Br)Br)COC(=O)C(C)(C)OC(=O)C(Br)(Br)Br. The van der Waals surface area contributed by atoms with Gasteiger partial charge >= 0.3 is 47.8 Å². The van der Waals surface area contributed by atoms with Crippen molar-refractivity contribution in [2.75, 3.05) is 26.4 Å². The van der Waals surface area contributed by atoms with Crippen LogP contribution in [0.15, 0.2) is 0 Å². The minimum absolute atomic E-state index is 0.905. The Labute approximate surface area is 428 Å². The van der Waals surface area contributed by atoms with Crippen LogP contribution in [-0.2, 0) is 76.3 Å². The second kappa shape index (κ2) is 21.9. The molecule has 0 aliphatic rings. The Morgan fingerprint density at radius 1 is 0.298 bits per heavy atom. The largest absolute Gasteiger partial charge is 0.462 e. The smallest absolute Gasteiger partial charge is 0.350 e. The summed E-state index contributed by atoms with van der Waals surface area (Å²) in [6.07, 6.45) is 0. The average Bonchev–Trinajstić information content (AvgIpc) is 3.00. The Kier molecular flexibility index (Phi) is 22.5. The predicted molar refractivity (Wildman–Crippen MR) is 245 cm³/mol. The van der Waals surface area contributed by atoms with Crippen molar-refractivity contribution in [3.63, 3.8) is 0 Å². The zero-order chi connectivity index (χ0) is 45.6. The molecular weight excluding hydrogens is 1560 g/mol. The van der Waals surface area contributed by atoms with Crippen LogP contribution in [0.25, 0.3) is 0 Å². The van der Waals surface area contributed by atoms with Gasteiger partial charge in [0, 0.05) is 0 Å². The Bertz CT molecular complexity index is 1320. The summed E-state index contributed by atoms with van der Waals surface area (Å²) in [5.74, 6) is -8.76. The number of carbonyl (C=O) groups excluding carboxylic acids is 8. The Balaban J connectivity index is 7.15. The lowest BCUT2D eigenvalue weighted by molar-refractivity contribution is -0.199. The van der Waals surface area contributed by atoms with Crippen LogP contribution in [0.2, 0.25) is 0 Å². The maximum absolute atomic E-state index is 13.4. The highest BCUT2D eigenvalue weighted by Gasteiger charge is 2.48. The summed E-state index contributed by atoms with van der Waals surface area (Å²) in [5, 5.41) is 0. The molecule has 0 rings (SSSR count). The number of esters is 8. The van der Waals surface area contributed by atoms with E-state index in [2.05, 4.69) is 191 Å². The molecule has 57 heavy (non-hydrogen) atoms. The highest BCUT2D eigenvalue weighted by molar-refractivity contribution is 9.41. The van der Waals surface area contributed by atoms with Crippen LogP contribution in [0, 0.1) is 5.41 Å². The van der Waals surface area contributed by atoms with Crippen molar-refractivity contribution in [3.05, 3.63) is 0 Å². The van der Waals surface area contributed by atoms with Crippen LogP contribution in [-0.4, -0.2) is 105 Å². The second-order valence-electron chi connectivity index (χ2n) is 13.4. The van der Waals surface area contributed by atoms with E-state index in [4.69, 9.17) is 37.9 Å². The minimum atomic E-state index is -2.06. The summed E-state index contributed by atoms with van der Waals surface area (Å²) in [6.45, 7) is 5.86. The summed E-state index contributed by atoms with van der Waals surface area (Å²) < 4.78 is 36.8. The van der Waals surface area contributed by atoms with E-state index in [9.17, 15) is 38.4 Å². The van der Waals surface area contributed by atoms with Crippen molar-refractivity contribution in [2.45, 2.75) is 86.4 Å². The van der Waals surface area contributed by atoms with Gasteiger partial charge < -0.3 is 37.9 Å². The molecule has 0 aromatic heterocycles. The predicted octanol–water partition coefficient (Wildman–Crippen LogP) is 8.79. The van der Waals surface area contributed by atoms with Crippen LogP contribution in [0.3, 0.4) is 0 Å².